The number of hydrogen-bond acceptors (Lipinski definition) is 5. The molecule has 1 atom stereocenters. The second kappa shape index (κ2) is 7.39. The third-order valence-corrected chi connectivity index (χ3v) is 5.23. The first-order valence-corrected chi connectivity index (χ1v) is 9.73. The van der Waals surface area contributed by atoms with Gasteiger partial charge in [0.1, 0.15) is 5.82 Å². The number of carbonyl (C=O) groups is 1. The summed E-state index contributed by atoms with van der Waals surface area (Å²) in [6.45, 7) is 0.965. The first-order valence-electron chi connectivity index (χ1n) is 9.73. The number of ether oxygens (including phenoxy) is 1. The van der Waals surface area contributed by atoms with E-state index in [0.717, 1.165) is 25.2 Å². The van der Waals surface area contributed by atoms with Crippen LogP contribution in [-0.4, -0.2) is 27.1 Å². The van der Waals surface area contributed by atoms with E-state index in [-0.39, 0.29) is 5.88 Å². The maximum absolute atomic E-state index is 12.3. The Morgan fingerprint density at radius 2 is 1.76 bits per heavy atom. The fourth-order valence-corrected chi connectivity index (χ4v) is 3.85. The molecule has 6 nitrogen and oxygen atoms in total. The minimum atomic E-state index is -0.432. The van der Waals surface area contributed by atoms with Crippen LogP contribution in [0.2, 0.25) is 0 Å². The molecule has 0 saturated carbocycles. The number of rotatable bonds is 4. The summed E-state index contributed by atoms with van der Waals surface area (Å²) in [6.07, 6.45) is 4.10. The van der Waals surface area contributed by atoms with E-state index in [9.17, 15) is 4.79 Å². The van der Waals surface area contributed by atoms with E-state index in [1.165, 1.54) is 5.56 Å². The van der Waals surface area contributed by atoms with Gasteiger partial charge in [-0.1, -0.05) is 48.5 Å². The molecule has 0 amide bonds. The summed E-state index contributed by atoms with van der Waals surface area (Å²) in [7, 11) is 0. The van der Waals surface area contributed by atoms with Gasteiger partial charge in [0.15, 0.2) is 5.65 Å². The van der Waals surface area contributed by atoms with Crippen LogP contribution in [0, 0.1) is 0 Å². The van der Waals surface area contributed by atoms with E-state index in [4.69, 9.17) is 9.72 Å². The van der Waals surface area contributed by atoms with Crippen molar-refractivity contribution in [3.05, 3.63) is 90.1 Å². The Kier molecular flexibility index (Phi) is 4.44. The van der Waals surface area contributed by atoms with Crippen LogP contribution in [-0.2, 0) is 0 Å². The van der Waals surface area contributed by atoms with Crippen molar-refractivity contribution in [1.82, 2.24) is 14.6 Å². The van der Waals surface area contributed by atoms with Crippen molar-refractivity contribution in [2.75, 3.05) is 11.4 Å². The number of carbonyl (C=O) groups excluding carboxylic acids is 1. The Bertz CT molecular complexity index is 1140. The number of fused-ring (bicyclic) bond motifs is 1. The van der Waals surface area contributed by atoms with Gasteiger partial charge in [0.2, 0.25) is 5.88 Å². The summed E-state index contributed by atoms with van der Waals surface area (Å²) in [5, 5.41) is 4.32. The van der Waals surface area contributed by atoms with Gasteiger partial charge in [0.05, 0.1) is 11.6 Å². The normalized spacial score (nSPS) is 16.3. The lowest BCUT2D eigenvalue weighted by Gasteiger charge is -2.26. The fourth-order valence-electron chi connectivity index (χ4n) is 3.85. The molecular formula is C23H20N4O2. The monoisotopic (exact) mass is 384 g/mol. The first kappa shape index (κ1) is 17.4. The molecule has 29 heavy (non-hydrogen) atoms. The predicted octanol–water partition coefficient (Wildman–Crippen LogP) is 4.29. The third-order valence-electron chi connectivity index (χ3n) is 5.23. The van der Waals surface area contributed by atoms with Gasteiger partial charge in [-0.25, -0.2) is 14.3 Å². The van der Waals surface area contributed by atoms with E-state index in [0.29, 0.717) is 17.3 Å². The fraction of sp³-hybridized carbons (Fsp3) is 0.174. The zero-order chi connectivity index (χ0) is 19.6. The largest absolute Gasteiger partial charge is 0.402 e. The highest BCUT2D eigenvalue weighted by molar-refractivity contribution is 5.90. The summed E-state index contributed by atoms with van der Waals surface area (Å²) in [4.78, 5) is 19.4. The van der Waals surface area contributed by atoms with Crippen LogP contribution in [0.5, 0.6) is 5.88 Å². The van der Waals surface area contributed by atoms with Gasteiger partial charge < -0.3 is 9.64 Å². The molecule has 4 aromatic rings. The highest BCUT2D eigenvalue weighted by Gasteiger charge is 2.27. The molecule has 144 valence electrons. The molecule has 1 fully saturated rings. The van der Waals surface area contributed by atoms with Crippen LogP contribution in [0.15, 0.2) is 79.0 Å². The quantitative estimate of drug-likeness (QED) is 0.491. The summed E-state index contributed by atoms with van der Waals surface area (Å²) in [5.74, 6) is 0.715. The minimum absolute atomic E-state index is 0.240. The summed E-state index contributed by atoms with van der Waals surface area (Å²) >= 11 is 0. The smallest absolute Gasteiger partial charge is 0.344 e. The van der Waals surface area contributed by atoms with Crippen molar-refractivity contribution in [2.45, 2.75) is 18.9 Å². The molecule has 1 aliphatic heterocycles. The van der Waals surface area contributed by atoms with Gasteiger partial charge in [0.25, 0.3) is 0 Å². The topological polar surface area (TPSA) is 59.7 Å². The molecule has 2 aromatic carbocycles. The van der Waals surface area contributed by atoms with Crippen LogP contribution < -0.4 is 9.64 Å². The average molecular weight is 384 g/mol. The van der Waals surface area contributed by atoms with E-state index >= 15 is 0 Å². The Balaban J connectivity index is 1.40. The Morgan fingerprint density at radius 1 is 1.00 bits per heavy atom. The van der Waals surface area contributed by atoms with E-state index < -0.39 is 5.97 Å². The first-order chi connectivity index (χ1) is 14.3. The molecule has 1 saturated heterocycles. The lowest BCUT2D eigenvalue weighted by Crippen LogP contribution is -2.23. The molecule has 0 radical (unpaired) electrons. The number of nitrogens with zero attached hydrogens (tertiary/aromatic N) is 4. The van der Waals surface area contributed by atoms with Crippen LogP contribution in [0.4, 0.5) is 5.82 Å². The number of benzene rings is 2. The predicted molar refractivity (Wildman–Crippen MR) is 110 cm³/mol. The number of esters is 1. The summed E-state index contributed by atoms with van der Waals surface area (Å²) < 4.78 is 7.05. The third kappa shape index (κ3) is 3.45. The van der Waals surface area contributed by atoms with E-state index in [1.54, 1.807) is 34.8 Å². The lowest BCUT2D eigenvalue weighted by molar-refractivity contribution is 0.0727. The van der Waals surface area contributed by atoms with E-state index in [2.05, 4.69) is 34.3 Å². The molecule has 3 heterocycles. The molecule has 2 aromatic heterocycles. The van der Waals surface area contributed by atoms with Crippen molar-refractivity contribution in [1.29, 1.82) is 0 Å². The van der Waals surface area contributed by atoms with Crippen LogP contribution >= 0.6 is 0 Å². The van der Waals surface area contributed by atoms with E-state index in [1.807, 2.05) is 24.4 Å². The average Bonchev–Trinajstić information content (AvgIpc) is 3.41. The van der Waals surface area contributed by atoms with Gasteiger partial charge >= 0.3 is 5.97 Å². The Hall–Kier alpha value is -3.67. The van der Waals surface area contributed by atoms with Crippen molar-refractivity contribution in [3.8, 4) is 5.88 Å². The molecule has 1 unspecified atom stereocenters. The van der Waals surface area contributed by atoms with Crippen molar-refractivity contribution in [2.24, 2.45) is 0 Å². The van der Waals surface area contributed by atoms with Gasteiger partial charge in [-0.3, -0.25) is 0 Å². The molecule has 0 aliphatic carbocycles. The molecule has 1 aliphatic rings. The lowest BCUT2D eigenvalue weighted by atomic mass is 10.0. The molecule has 0 bridgehead atoms. The Morgan fingerprint density at radius 3 is 2.55 bits per heavy atom. The van der Waals surface area contributed by atoms with Gasteiger partial charge in [-0.15, -0.1) is 5.10 Å². The maximum atomic E-state index is 12.3. The van der Waals surface area contributed by atoms with Gasteiger partial charge in [-0.2, -0.15) is 0 Å². The summed E-state index contributed by atoms with van der Waals surface area (Å²) in [6, 6.07) is 23.4. The molecular weight excluding hydrogens is 364 g/mol. The number of aromatic nitrogens is 3. The van der Waals surface area contributed by atoms with Crippen LogP contribution in [0.25, 0.3) is 5.65 Å². The number of hydrogen-bond donors (Lipinski definition) is 0. The molecule has 0 spiro atoms. The highest BCUT2D eigenvalue weighted by atomic mass is 16.5. The summed E-state index contributed by atoms with van der Waals surface area (Å²) in [5.41, 5.74) is 2.44. The maximum Gasteiger partial charge on any atom is 0.344 e. The van der Waals surface area contributed by atoms with Crippen LogP contribution in [0.3, 0.4) is 0 Å². The van der Waals surface area contributed by atoms with Crippen molar-refractivity contribution < 1.29 is 9.53 Å². The molecule has 0 N–H and O–H groups in total. The SMILES string of the molecule is O=C(Oc1cc2nc(N3CCCC3c3ccccc3)ccn2n1)c1ccccc1. The second-order valence-electron chi connectivity index (χ2n) is 7.09. The zero-order valence-electron chi connectivity index (χ0n) is 15.8. The highest BCUT2D eigenvalue weighted by Crippen LogP contribution is 2.35. The van der Waals surface area contributed by atoms with Gasteiger partial charge in [-0.05, 0) is 36.6 Å². The van der Waals surface area contributed by atoms with Crippen molar-refractivity contribution >= 4 is 17.4 Å². The molecule has 5 rings (SSSR count). The zero-order valence-corrected chi connectivity index (χ0v) is 15.8. The van der Waals surface area contributed by atoms with Gasteiger partial charge in [0, 0.05) is 18.8 Å². The molecule has 6 heteroatoms. The number of anilines is 1. The minimum Gasteiger partial charge on any atom is -0.402 e. The van der Waals surface area contributed by atoms with Crippen molar-refractivity contribution in [3.63, 3.8) is 0 Å². The standard InChI is InChI=1S/C23H20N4O2/c28-23(18-10-5-2-6-11-18)29-22-16-21-24-20(13-15-27(21)25-22)26-14-7-12-19(26)17-8-3-1-4-9-17/h1-6,8-11,13,15-16,19H,7,12,14H2. The van der Waals surface area contributed by atoms with Crippen LogP contribution in [0.1, 0.15) is 34.8 Å². The second-order valence-corrected chi connectivity index (χ2v) is 7.09. The Labute approximate surface area is 168 Å².